The summed E-state index contributed by atoms with van der Waals surface area (Å²) >= 11 is 0. The van der Waals surface area contributed by atoms with Crippen LogP contribution in [0, 0.1) is 46.3 Å². The second kappa shape index (κ2) is 9.62. The highest BCUT2D eigenvalue weighted by Gasteiger charge is 2.62. The third-order valence-electron chi connectivity index (χ3n) is 12.1. The summed E-state index contributed by atoms with van der Waals surface area (Å²) in [7, 11) is 1.58. The standard InChI is InChI=1S/C32H45NO5/c1-18(5-10-28-33-26-9-6-21(37-4)17-22(26)30(36)38-28)23-7-8-24-29-25(12-14-32(23,24)3)31(2)13-11-20(34)15-19(31)16-27(29)35/h6,9,17-20,23-25,27,29,34-35H,5,7-8,10-16H2,1-4H3/t18-,19+,20-,23-,24+,25?,27-,29+,31+,32-/m1/s1. The molecule has 2 N–H and O–H groups in total. The minimum Gasteiger partial charge on any atom is -0.497 e. The van der Waals surface area contributed by atoms with Gasteiger partial charge in [-0.25, -0.2) is 9.78 Å². The van der Waals surface area contributed by atoms with Crippen molar-refractivity contribution in [3.63, 3.8) is 0 Å². The summed E-state index contributed by atoms with van der Waals surface area (Å²) in [5, 5.41) is 22.3. The molecule has 0 aliphatic heterocycles. The fourth-order valence-corrected chi connectivity index (χ4v) is 10.1. The lowest BCUT2D eigenvalue weighted by Crippen LogP contribution is -2.58. The molecule has 6 rings (SSSR count). The summed E-state index contributed by atoms with van der Waals surface area (Å²) in [5.41, 5.74) is 0.810. The van der Waals surface area contributed by atoms with Crippen LogP contribution in [0.25, 0.3) is 10.9 Å². The Bertz CT molecular complexity index is 1240. The zero-order chi connectivity index (χ0) is 26.8. The summed E-state index contributed by atoms with van der Waals surface area (Å²) < 4.78 is 10.9. The highest BCUT2D eigenvalue weighted by Crippen LogP contribution is 2.68. The number of aromatic nitrogens is 1. The van der Waals surface area contributed by atoms with E-state index in [2.05, 4.69) is 25.8 Å². The first-order valence-electron chi connectivity index (χ1n) is 15.0. The maximum atomic E-state index is 12.6. The highest BCUT2D eigenvalue weighted by molar-refractivity contribution is 5.78. The lowest BCUT2D eigenvalue weighted by atomic mass is 9.43. The second-order valence-electron chi connectivity index (χ2n) is 13.7. The van der Waals surface area contributed by atoms with Gasteiger partial charge in [0, 0.05) is 6.42 Å². The molecule has 0 amide bonds. The van der Waals surface area contributed by atoms with Gasteiger partial charge in [-0.2, -0.15) is 0 Å². The van der Waals surface area contributed by atoms with Gasteiger partial charge in [-0.05, 0) is 122 Å². The van der Waals surface area contributed by atoms with Gasteiger partial charge in [0.05, 0.1) is 30.2 Å². The van der Waals surface area contributed by atoms with E-state index < -0.39 is 0 Å². The average molecular weight is 524 g/mol. The molecule has 1 aromatic heterocycles. The Morgan fingerprint density at radius 1 is 1.08 bits per heavy atom. The van der Waals surface area contributed by atoms with Gasteiger partial charge < -0.3 is 19.4 Å². The van der Waals surface area contributed by atoms with Crippen LogP contribution in [0.3, 0.4) is 0 Å². The minimum absolute atomic E-state index is 0.188. The molecule has 0 radical (unpaired) electrons. The van der Waals surface area contributed by atoms with Crippen molar-refractivity contribution < 1.29 is 19.4 Å². The SMILES string of the molecule is COc1ccc2nc(CC[C@@H](C)[C@H]3CC[C@H]4[C@H]5C(CC[C@]34C)[C@@]3(C)CC[C@@H](O)C[C@H]3C[C@H]5O)oc(=O)c2c1. The van der Waals surface area contributed by atoms with Crippen molar-refractivity contribution in [2.45, 2.75) is 97.2 Å². The Kier molecular flexibility index (Phi) is 6.66. The average Bonchev–Trinajstić information content (AvgIpc) is 3.25. The molecule has 4 fully saturated rings. The molecule has 1 unspecified atom stereocenters. The lowest BCUT2D eigenvalue weighted by molar-refractivity contribution is -0.174. The number of aryl methyl sites for hydroxylation is 1. The van der Waals surface area contributed by atoms with Crippen molar-refractivity contribution >= 4 is 10.9 Å². The van der Waals surface area contributed by atoms with E-state index in [4.69, 9.17) is 9.15 Å². The Morgan fingerprint density at radius 2 is 1.84 bits per heavy atom. The molecular weight excluding hydrogens is 478 g/mol. The van der Waals surface area contributed by atoms with Crippen molar-refractivity contribution in [3.05, 3.63) is 34.5 Å². The summed E-state index contributed by atoms with van der Waals surface area (Å²) in [4.78, 5) is 17.3. The number of rotatable bonds is 5. The van der Waals surface area contributed by atoms with E-state index in [1.54, 1.807) is 13.2 Å². The molecule has 10 atom stereocenters. The van der Waals surface area contributed by atoms with Crippen LogP contribution in [-0.4, -0.2) is 34.5 Å². The number of ether oxygens (including phenoxy) is 1. The summed E-state index contributed by atoms with van der Waals surface area (Å²) in [6, 6.07) is 5.34. The van der Waals surface area contributed by atoms with Gasteiger partial charge in [0.2, 0.25) is 0 Å². The molecule has 38 heavy (non-hydrogen) atoms. The van der Waals surface area contributed by atoms with Gasteiger partial charge in [-0.1, -0.05) is 20.8 Å². The van der Waals surface area contributed by atoms with Gasteiger partial charge in [0.15, 0.2) is 5.89 Å². The fraction of sp³-hybridized carbons (Fsp3) is 0.750. The first-order valence-corrected chi connectivity index (χ1v) is 15.0. The monoisotopic (exact) mass is 523 g/mol. The lowest BCUT2D eigenvalue weighted by Gasteiger charge is -2.62. The number of fused-ring (bicyclic) bond motifs is 6. The maximum absolute atomic E-state index is 12.6. The first kappa shape index (κ1) is 26.3. The summed E-state index contributed by atoms with van der Waals surface area (Å²) in [6.45, 7) is 7.35. The molecular formula is C32H45NO5. The number of aliphatic hydroxyl groups excluding tert-OH is 2. The van der Waals surface area contributed by atoms with Crippen molar-refractivity contribution in [1.29, 1.82) is 0 Å². The minimum atomic E-state index is -0.351. The van der Waals surface area contributed by atoms with Gasteiger partial charge in [-0.3, -0.25) is 0 Å². The van der Waals surface area contributed by atoms with Crippen molar-refractivity contribution in [3.8, 4) is 5.75 Å². The number of hydrogen-bond acceptors (Lipinski definition) is 6. The van der Waals surface area contributed by atoms with Crippen LogP contribution in [0.4, 0.5) is 0 Å². The number of nitrogens with zero attached hydrogens (tertiary/aromatic N) is 1. The van der Waals surface area contributed by atoms with Gasteiger partial charge in [-0.15, -0.1) is 0 Å². The van der Waals surface area contributed by atoms with Crippen LogP contribution >= 0.6 is 0 Å². The third-order valence-corrected chi connectivity index (χ3v) is 12.1. The molecule has 1 aromatic carbocycles. The smallest absolute Gasteiger partial charge is 0.346 e. The quantitative estimate of drug-likeness (QED) is 0.518. The predicted octanol–water partition coefficient (Wildman–Crippen LogP) is 5.76. The van der Waals surface area contributed by atoms with Crippen LogP contribution in [0.2, 0.25) is 0 Å². The third kappa shape index (κ3) is 4.13. The van der Waals surface area contributed by atoms with Gasteiger partial charge >= 0.3 is 5.63 Å². The molecule has 0 bridgehead atoms. The Hall–Kier alpha value is -1.92. The van der Waals surface area contributed by atoms with E-state index >= 15 is 0 Å². The van der Waals surface area contributed by atoms with Crippen molar-refractivity contribution in [2.75, 3.05) is 7.11 Å². The van der Waals surface area contributed by atoms with E-state index in [0.717, 1.165) is 32.1 Å². The summed E-state index contributed by atoms with van der Waals surface area (Å²) in [6.07, 6.45) is 9.78. The Morgan fingerprint density at radius 3 is 2.63 bits per heavy atom. The van der Waals surface area contributed by atoms with E-state index in [0.29, 0.717) is 64.5 Å². The van der Waals surface area contributed by atoms with E-state index in [1.807, 2.05) is 12.1 Å². The van der Waals surface area contributed by atoms with Crippen molar-refractivity contribution in [1.82, 2.24) is 4.98 Å². The molecule has 1 heterocycles. The molecule has 208 valence electrons. The predicted molar refractivity (Wildman–Crippen MR) is 147 cm³/mol. The van der Waals surface area contributed by atoms with Gasteiger partial charge in [0.1, 0.15) is 5.75 Å². The van der Waals surface area contributed by atoms with E-state index in [-0.39, 0.29) is 28.7 Å². The zero-order valence-electron chi connectivity index (χ0n) is 23.5. The molecule has 2 aromatic rings. The van der Waals surface area contributed by atoms with E-state index in [9.17, 15) is 15.0 Å². The number of aliphatic hydroxyl groups is 2. The maximum Gasteiger partial charge on any atom is 0.346 e. The number of benzene rings is 1. The van der Waals surface area contributed by atoms with Crippen LogP contribution in [0.1, 0.15) is 84.4 Å². The normalized spacial score (nSPS) is 41.3. The molecule has 4 aliphatic rings. The van der Waals surface area contributed by atoms with Crippen LogP contribution in [-0.2, 0) is 6.42 Å². The molecule has 4 aliphatic carbocycles. The topological polar surface area (TPSA) is 92.8 Å². The zero-order valence-corrected chi connectivity index (χ0v) is 23.5. The Balaban J connectivity index is 1.17. The molecule has 0 spiro atoms. The van der Waals surface area contributed by atoms with Crippen LogP contribution < -0.4 is 10.4 Å². The molecule has 6 nitrogen and oxygen atoms in total. The first-order chi connectivity index (χ1) is 18.1. The fourth-order valence-electron chi connectivity index (χ4n) is 10.1. The second-order valence-corrected chi connectivity index (χ2v) is 13.7. The van der Waals surface area contributed by atoms with Gasteiger partial charge in [0.25, 0.3) is 0 Å². The molecule has 4 saturated carbocycles. The highest BCUT2D eigenvalue weighted by atomic mass is 16.5. The number of methoxy groups -OCH3 is 1. The Labute approximate surface area is 226 Å². The molecule has 0 saturated heterocycles. The largest absolute Gasteiger partial charge is 0.497 e. The molecule has 6 heteroatoms. The number of hydrogen-bond donors (Lipinski definition) is 2. The summed E-state index contributed by atoms with van der Waals surface area (Å²) in [5.74, 6) is 4.23. The van der Waals surface area contributed by atoms with Crippen LogP contribution in [0.5, 0.6) is 5.75 Å². The van der Waals surface area contributed by atoms with Crippen LogP contribution in [0.15, 0.2) is 27.4 Å². The van der Waals surface area contributed by atoms with E-state index in [1.165, 1.54) is 25.7 Å². The van der Waals surface area contributed by atoms with Crippen molar-refractivity contribution in [2.24, 2.45) is 46.3 Å².